The van der Waals surface area contributed by atoms with Crippen molar-refractivity contribution >= 4 is 67.3 Å². The summed E-state index contributed by atoms with van der Waals surface area (Å²) in [5, 5.41) is 10.2. The topological polar surface area (TPSA) is 127 Å². The number of ether oxygens (including phenoxy) is 1. The molecule has 156 valence electrons. The Morgan fingerprint density at radius 3 is 2.40 bits per heavy atom. The van der Waals surface area contributed by atoms with Gasteiger partial charge in [0.05, 0.1) is 23.3 Å². The Kier molecular flexibility index (Phi) is 6.56. The molecule has 30 heavy (non-hydrogen) atoms. The van der Waals surface area contributed by atoms with Gasteiger partial charge in [0.1, 0.15) is 0 Å². The highest BCUT2D eigenvalue weighted by molar-refractivity contribution is 7.94. The van der Waals surface area contributed by atoms with Gasteiger partial charge in [0.15, 0.2) is 0 Å². The number of nitrogens with one attached hydrogen (secondary N) is 2. The Bertz CT molecular complexity index is 1210. The third-order valence-electron chi connectivity index (χ3n) is 3.59. The molecule has 0 fully saturated rings. The smallest absolute Gasteiger partial charge is 0.337 e. The van der Waals surface area contributed by atoms with E-state index in [9.17, 15) is 18.0 Å². The van der Waals surface area contributed by atoms with Crippen LogP contribution in [0.3, 0.4) is 0 Å². The molecule has 0 aliphatic rings. The van der Waals surface area contributed by atoms with E-state index in [-0.39, 0.29) is 31.3 Å². The van der Waals surface area contributed by atoms with Crippen molar-refractivity contribution in [3.8, 4) is 0 Å². The van der Waals surface area contributed by atoms with Crippen molar-refractivity contribution < 1.29 is 22.7 Å². The number of rotatable bonds is 6. The number of esters is 1. The number of carbonyl (C=O) groups excluding carboxylic acids is 2. The van der Waals surface area contributed by atoms with E-state index < -0.39 is 21.9 Å². The van der Waals surface area contributed by atoms with Gasteiger partial charge in [-0.15, -0.1) is 10.2 Å². The Morgan fingerprint density at radius 2 is 1.77 bits per heavy atom. The third-order valence-corrected chi connectivity index (χ3v) is 6.73. The molecule has 13 heteroatoms. The van der Waals surface area contributed by atoms with E-state index in [1.807, 2.05) is 0 Å². The van der Waals surface area contributed by atoms with Crippen LogP contribution in [0, 0.1) is 0 Å². The molecule has 1 amide bonds. The lowest BCUT2D eigenvalue weighted by atomic mass is 10.2. The van der Waals surface area contributed by atoms with Crippen LogP contribution >= 0.6 is 34.5 Å². The molecule has 9 nitrogen and oxygen atoms in total. The Labute approximate surface area is 185 Å². The molecule has 1 heterocycles. The maximum absolute atomic E-state index is 12.5. The SMILES string of the molecule is COC(=O)c1ccc(NS(=O)(=O)c2nnc(NC(=O)c3ccc(Cl)cc3Cl)s2)cc1. The summed E-state index contributed by atoms with van der Waals surface area (Å²) in [6.07, 6.45) is 0. The number of aromatic nitrogens is 2. The van der Waals surface area contributed by atoms with Gasteiger partial charge in [-0.25, -0.2) is 4.79 Å². The van der Waals surface area contributed by atoms with Crippen LogP contribution in [0.1, 0.15) is 20.7 Å². The van der Waals surface area contributed by atoms with E-state index in [0.717, 1.165) is 0 Å². The maximum Gasteiger partial charge on any atom is 0.337 e. The van der Waals surface area contributed by atoms with Crippen LogP contribution in [0.2, 0.25) is 10.0 Å². The first-order valence-corrected chi connectivity index (χ1v) is 11.1. The van der Waals surface area contributed by atoms with E-state index >= 15 is 0 Å². The first-order chi connectivity index (χ1) is 14.2. The molecule has 0 atom stereocenters. The van der Waals surface area contributed by atoms with Gasteiger partial charge in [-0.1, -0.05) is 34.5 Å². The second-order valence-electron chi connectivity index (χ2n) is 5.63. The molecule has 0 radical (unpaired) electrons. The Balaban J connectivity index is 1.72. The standard InChI is InChI=1S/C17H12Cl2N4O5S2/c1-28-15(25)9-2-5-11(6-3-9)23-30(26,27)17-22-21-16(29-17)20-14(24)12-7-4-10(18)8-13(12)19/h2-8,23H,1H3,(H,20,21,24). The number of methoxy groups -OCH3 is 1. The van der Waals surface area contributed by atoms with Crippen molar-refractivity contribution in [2.45, 2.75) is 4.34 Å². The van der Waals surface area contributed by atoms with Crippen LogP contribution in [0.4, 0.5) is 10.8 Å². The van der Waals surface area contributed by atoms with Gasteiger partial charge >= 0.3 is 5.97 Å². The average Bonchev–Trinajstić information content (AvgIpc) is 3.17. The molecule has 2 aromatic carbocycles. The van der Waals surface area contributed by atoms with Crippen molar-refractivity contribution in [3.05, 3.63) is 63.6 Å². The predicted molar refractivity (Wildman–Crippen MR) is 113 cm³/mol. The Hall–Kier alpha value is -2.73. The van der Waals surface area contributed by atoms with E-state index in [4.69, 9.17) is 23.2 Å². The van der Waals surface area contributed by atoms with E-state index in [1.165, 1.54) is 49.6 Å². The third kappa shape index (κ3) is 5.05. The lowest BCUT2D eigenvalue weighted by molar-refractivity contribution is 0.0600. The highest BCUT2D eigenvalue weighted by Gasteiger charge is 2.22. The molecular formula is C17H12Cl2N4O5S2. The number of amides is 1. The zero-order chi connectivity index (χ0) is 21.9. The minimum absolute atomic E-state index is 0.0348. The molecular weight excluding hydrogens is 475 g/mol. The van der Waals surface area contributed by atoms with Gasteiger partial charge in [-0.3, -0.25) is 14.8 Å². The van der Waals surface area contributed by atoms with Crippen LogP contribution in [0.15, 0.2) is 46.8 Å². The molecule has 1 aromatic heterocycles. The number of anilines is 2. The highest BCUT2D eigenvalue weighted by atomic mass is 35.5. The molecule has 0 aliphatic heterocycles. The van der Waals surface area contributed by atoms with Crippen molar-refractivity contribution in [2.24, 2.45) is 0 Å². The molecule has 2 N–H and O–H groups in total. The quantitative estimate of drug-likeness (QED) is 0.401. The summed E-state index contributed by atoms with van der Waals surface area (Å²) >= 11 is 12.4. The fourth-order valence-electron chi connectivity index (χ4n) is 2.20. The van der Waals surface area contributed by atoms with E-state index in [1.54, 1.807) is 0 Å². The molecule has 3 aromatic rings. The predicted octanol–water partition coefficient (Wildman–Crippen LogP) is 3.68. The zero-order valence-electron chi connectivity index (χ0n) is 15.0. The van der Waals surface area contributed by atoms with Crippen LogP contribution in [0.25, 0.3) is 0 Å². The van der Waals surface area contributed by atoms with Gasteiger partial charge < -0.3 is 4.74 Å². The van der Waals surface area contributed by atoms with Gasteiger partial charge in [0.2, 0.25) is 5.13 Å². The summed E-state index contributed by atoms with van der Waals surface area (Å²) in [6, 6.07) is 9.94. The van der Waals surface area contributed by atoms with E-state index in [0.29, 0.717) is 16.4 Å². The summed E-state index contributed by atoms with van der Waals surface area (Å²) in [7, 11) is -2.82. The number of benzene rings is 2. The molecule has 0 bridgehead atoms. The molecule has 0 saturated heterocycles. The number of hydrogen-bond acceptors (Lipinski definition) is 8. The van der Waals surface area contributed by atoms with Crippen molar-refractivity contribution in [1.29, 1.82) is 0 Å². The van der Waals surface area contributed by atoms with Gasteiger partial charge in [-0.2, -0.15) is 8.42 Å². The van der Waals surface area contributed by atoms with Crippen LogP contribution in [0.5, 0.6) is 0 Å². The summed E-state index contributed by atoms with van der Waals surface area (Å²) in [5.41, 5.74) is 0.614. The number of nitrogens with zero attached hydrogens (tertiary/aromatic N) is 2. The number of carbonyl (C=O) groups is 2. The van der Waals surface area contributed by atoms with Crippen LogP contribution in [-0.2, 0) is 14.8 Å². The highest BCUT2D eigenvalue weighted by Crippen LogP contribution is 2.25. The van der Waals surface area contributed by atoms with Crippen molar-refractivity contribution in [1.82, 2.24) is 10.2 Å². The minimum Gasteiger partial charge on any atom is -0.465 e. The number of hydrogen-bond donors (Lipinski definition) is 2. The summed E-state index contributed by atoms with van der Waals surface area (Å²) < 4.78 is 31.5. The van der Waals surface area contributed by atoms with Crippen molar-refractivity contribution in [3.63, 3.8) is 0 Å². The number of halogens is 2. The summed E-state index contributed by atoms with van der Waals surface area (Å²) in [6.45, 7) is 0. The summed E-state index contributed by atoms with van der Waals surface area (Å²) in [5.74, 6) is -1.14. The Morgan fingerprint density at radius 1 is 1.07 bits per heavy atom. The minimum atomic E-state index is -4.06. The molecule has 0 spiro atoms. The molecule has 0 aliphatic carbocycles. The largest absolute Gasteiger partial charge is 0.465 e. The van der Waals surface area contributed by atoms with Crippen LogP contribution in [-0.4, -0.2) is 37.6 Å². The van der Waals surface area contributed by atoms with Crippen molar-refractivity contribution in [2.75, 3.05) is 17.1 Å². The lowest BCUT2D eigenvalue weighted by Crippen LogP contribution is -2.13. The van der Waals surface area contributed by atoms with Gasteiger partial charge in [0, 0.05) is 10.7 Å². The average molecular weight is 487 g/mol. The second kappa shape index (κ2) is 8.96. The fourth-order valence-corrected chi connectivity index (χ4v) is 4.65. The monoisotopic (exact) mass is 486 g/mol. The number of sulfonamides is 1. The second-order valence-corrected chi connectivity index (χ2v) is 9.30. The molecule has 3 rings (SSSR count). The fraction of sp³-hybridized carbons (Fsp3) is 0.0588. The normalized spacial score (nSPS) is 11.0. The zero-order valence-corrected chi connectivity index (χ0v) is 18.2. The van der Waals surface area contributed by atoms with E-state index in [2.05, 4.69) is 25.0 Å². The van der Waals surface area contributed by atoms with Crippen LogP contribution < -0.4 is 10.0 Å². The first-order valence-electron chi connectivity index (χ1n) is 8.01. The van der Waals surface area contributed by atoms with Gasteiger partial charge in [0.25, 0.3) is 20.3 Å². The van der Waals surface area contributed by atoms with Gasteiger partial charge in [-0.05, 0) is 42.5 Å². The molecule has 0 unspecified atom stereocenters. The first kappa shape index (κ1) is 22.0. The lowest BCUT2D eigenvalue weighted by Gasteiger charge is -2.06. The molecule has 0 saturated carbocycles. The maximum atomic E-state index is 12.5. The summed E-state index contributed by atoms with van der Waals surface area (Å²) in [4.78, 5) is 23.7.